The van der Waals surface area contributed by atoms with E-state index in [1.165, 1.54) is 107 Å². The van der Waals surface area contributed by atoms with Crippen LogP contribution >= 0.6 is 0 Å². The molecule has 2 aliphatic carbocycles. The summed E-state index contributed by atoms with van der Waals surface area (Å²) in [4.78, 5) is 0. The lowest BCUT2D eigenvalue weighted by Crippen LogP contribution is -2.16. The van der Waals surface area contributed by atoms with Gasteiger partial charge < -0.3 is 0 Å². The van der Waals surface area contributed by atoms with E-state index in [1.54, 1.807) is 5.57 Å². The molecule has 1 fully saturated rings. The number of unbranched alkanes of at least 4 members (excludes halogenated alkanes) is 2. The normalized spacial score (nSPS) is 25.5. The lowest BCUT2D eigenvalue weighted by molar-refractivity contribution is 0.234. The minimum absolute atomic E-state index is 0.977. The maximum absolute atomic E-state index is 2.60. The molecule has 156 valence electrons. The molecule has 1 saturated carbocycles. The zero-order valence-electron chi connectivity index (χ0n) is 18.7. The molecule has 0 N–H and O–H groups in total. The van der Waals surface area contributed by atoms with Crippen LogP contribution in [-0.2, 0) is 6.42 Å². The van der Waals surface area contributed by atoms with Crippen LogP contribution in [0.4, 0.5) is 0 Å². The van der Waals surface area contributed by atoms with Crippen molar-refractivity contribution in [3.05, 3.63) is 47.0 Å². The number of benzene rings is 1. The van der Waals surface area contributed by atoms with Crippen LogP contribution in [0.3, 0.4) is 0 Å². The second-order valence-corrected chi connectivity index (χ2v) is 9.95. The van der Waals surface area contributed by atoms with Gasteiger partial charge in [-0.2, -0.15) is 0 Å². The first kappa shape index (κ1) is 21.7. The van der Waals surface area contributed by atoms with Gasteiger partial charge in [-0.3, -0.25) is 0 Å². The Morgan fingerprint density at radius 2 is 1.43 bits per heavy atom. The van der Waals surface area contributed by atoms with Crippen molar-refractivity contribution >= 4 is 0 Å². The molecule has 1 aromatic rings. The number of rotatable bonds is 10. The van der Waals surface area contributed by atoms with E-state index in [0.717, 1.165) is 17.8 Å². The molecule has 0 saturated heterocycles. The molecule has 0 heterocycles. The standard InChI is InChI=1S/C28H44/c1-3-4-5-6-24-11-13-26(14-12-24)17-18-28-21-19-27(20-22-28)16-15-25-9-7-23(2)8-10-25/h7-10,19,24,26,28H,3-6,11-18,20-22H2,1-2H3/t24-,26-,28?. The van der Waals surface area contributed by atoms with Crippen LogP contribution in [-0.4, -0.2) is 0 Å². The van der Waals surface area contributed by atoms with Crippen molar-refractivity contribution in [1.29, 1.82) is 0 Å². The molecule has 0 nitrogen and oxygen atoms in total. The first-order chi connectivity index (χ1) is 13.7. The summed E-state index contributed by atoms with van der Waals surface area (Å²) in [6.07, 6.45) is 24.2. The minimum atomic E-state index is 0.977. The van der Waals surface area contributed by atoms with E-state index in [9.17, 15) is 0 Å². The monoisotopic (exact) mass is 380 g/mol. The summed E-state index contributed by atoms with van der Waals surface area (Å²) in [6, 6.07) is 9.11. The van der Waals surface area contributed by atoms with Gasteiger partial charge in [0.1, 0.15) is 0 Å². The quantitative estimate of drug-likeness (QED) is 0.281. The Bertz CT molecular complexity index is 571. The van der Waals surface area contributed by atoms with E-state index < -0.39 is 0 Å². The van der Waals surface area contributed by atoms with Crippen LogP contribution in [0.15, 0.2) is 35.9 Å². The molecule has 0 radical (unpaired) electrons. The third-order valence-electron chi connectivity index (χ3n) is 7.63. The highest BCUT2D eigenvalue weighted by atomic mass is 14.3. The summed E-state index contributed by atoms with van der Waals surface area (Å²) in [5, 5.41) is 0. The van der Waals surface area contributed by atoms with E-state index in [0.29, 0.717) is 0 Å². The predicted octanol–water partition coefficient (Wildman–Crippen LogP) is 8.82. The molecule has 0 amide bonds. The first-order valence-corrected chi connectivity index (χ1v) is 12.5. The highest BCUT2D eigenvalue weighted by Crippen LogP contribution is 2.37. The summed E-state index contributed by atoms with van der Waals surface area (Å²) in [7, 11) is 0. The number of hydrogen-bond acceptors (Lipinski definition) is 0. The number of hydrogen-bond donors (Lipinski definition) is 0. The highest BCUT2D eigenvalue weighted by molar-refractivity contribution is 5.22. The Morgan fingerprint density at radius 1 is 0.750 bits per heavy atom. The molecule has 1 aromatic carbocycles. The van der Waals surface area contributed by atoms with Gasteiger partial charge in [0.05, 0.1) is 0 Å². The number of allylic oxidation sites excluding steroid dienone is 2. The third kappa shape index (κ3) is 7.41. The molecular weight excluding hydrogens is 336 g/mol. The van der Waals surface area contributed by atoms with Crippen LogP contribution in [0, 0.1) is 24.7 Å². The molecule has 1 unspecified atom stereocenters. The summed E-state index contributed by atoms with van der Waals surface area (Å²) < 4.78 is 0. The molecule has 0 aromatic heterocycles. The van der Waals surface area contributed by atoms with Crippen molar-refractivity contribution in [3.8, 4) is 0 Å². The summed E-state index contributed by atoms with van der Waals surface area (Å²) in [5.74, 6) is 3.09. The van der Waals surface area contributed by atoms with Crippen molar-refractivity contribution in [2.45, 2.75) is 110 Å². The average molecular weight is 381 g/mol. The second kappa shape index (κ2) is 11.8. The van der Waals surface area contributed by atoms with Gasteiger partial charge >= 0.3 is 0 Å². The van der Waals surface area contributed by atoms with E-state index in [2.05, 4.69) is 44.2 Å². The number of aryl methyl sites for hydroxylation is 2. The van der Waals surface area contributed by atoms with Crippen LogP contribution in [0.5, 0.6) is 0 Å². The molecule has 0 spiro atoms. The van der Waals surface area contributed by atoms with E-state index in [1.807, 2.05) is 0 Å². The van der Waals surface area contributed by atoms with Crippen LogP contribution in [0.1, 0.15) is 108 Å². The fourth-order valence-electron chi connectivity index (χ4n) is 5.45. The van der Waals surface area contributed by atoms with Crippen LogP contribution < -0.4 is 0 Å². The summed E-state index contributed by atoms with van der Waals surface area (Å²) in [6.45, 7) is 4.50. The fraction of sp³-hybridized carbons (Fsp3) is 0.714. The van der Waals surface area contributed by atoms with E-state index in [4.69, 9.17) is 0 Å². The van der Waals surface area contributed by atoms with Crippen molar-refractivity contribution < 1.29 is 0 Å². The molecule has 0 bridgehead atoms. The zero-order valence-corrected chi connectivity index (χ0v) is 18.7. The van der Waals surface area contributed by atoms with Gasteiger partial charge in [0.15, 0.2) is 0 Å². The molecule has 2 aliphatic rings. The van der Waals surface area contributed by atoms with Crippen molar-refractivity contribution in [2.24, 2.45) is 17.8 Å². The molecule has 28 heavy (non-hydrogen) atoms. The zero-order chi connectivity index (χ0) is 19.6. The van der Waals surface area contributed by atoms with Gasteiger partial charge in [-0.25, -0.2) is 0 Å². The maximum atomic E-state index is 2.60. The molecule has 3 rings (SSSR count). The Kier molecular flexibility index (Phi) is 9.16. The van der Waals surface area contributed by atoms with Crippen molar-refractivity contribution in [1.82, 2.24) is 0 Å². The van der Waals surface area contributed by atoms with Gasteiger partial charge in [0, 0.05) is 0 Å². The highest BCUT2D eigenvalue weighted by Gasteiger charge is 2.22. The molecular formula is C28H44. The second-order valence-electron chi connectivity index (χ2n) is 9.95. The SMILES string of the molecule is CCCCC[C@H]1CC[C@H](CCC2CC=C(CCc3ccc(C)cc3)CC2)CC1. The minimum Gasteiger partial charge on any atom is -0.0850 e. The lowest BCUT2D eigenvalue weighted by Gasteiger charge is -2.30. The van der Waals surface area contributed by atoms with E-state index >= 15 is 0 Å². The van der Waals surface area contributed by atoms with E-state index in [-0.39, 0.29) is 0 Å². The Hall–Kier alpha value is -1.04. The maximum Gasteiger partial charge on any atom is -0.0241 e. The smallest absolute Gasteiger partial charge is 0.0241 e. The Labute approximate surface area is 175 Å². The van der Waals surface area contributed by atoms with Crippen molar-refractivity contribution in [2.75, 3.05) is 0 Å². The van der Waals surface area contributed by atoms with Gasteiger partial charge in [0.2, 0.25) is 0 Å². The molecule has 0 aliphatic heterocycles. The van der Waals surface area contributed by atoms with Crippen LogP contribution in [0.25, 0.3) is 0 Å². The predicted molar refractivity (Wildman–Crippen MR) is 124 cm³/mol. The Morgan fingerprint density at radius 3 is 2.07 bits per heavy atom. The average Bonchev–Trinajstić information content (AvgIpc) is 2.74. The summed E-state index contributed by atoms with van der Waals surface area (Å²) >= 11 is 0. The topological polar surface area (TPSA) is 0 Å². The molecule has 1 atom stereocenters. The van der Waals surface area contributed by atoms with Crippen molar-refractivity contribution in [3.63, 3.8) is 0 Å². The summed E-state index contributed by atoms with van der Waals surface area (Å²) in [5.41, 5.74) is 4.59. The third-order valence-corrected chi connectivity index (χ3v) is 7.63. The van der Waals surface area contributed by atoms with Gasteiger partial charge in [-0.1, -0.05) is 106 Å². The largest absolute Gasteiger partial charge is 0.0850 e. The van der Waals surface area contributed by atoms with Gasteiger partial charge in [-0.05, 0) is 68.8 Å². The van der Waals surface area contributed by atoms with Gasteiger partial charge in [0.25, 0.3) is 0 Å². The Balaban J connectivity index is 1.28. The first-order valence-electron chi connectivity index (χ1n) is 12.5. The van der Waals surface area contributed by atoms with Gasteiger partial charge in [-0.15, -0.1) is 0 Å². The van der Waals surface area contributed by atoms with Crippen LogP contribution in [0.2, 0.25) is 0 Å². The molecule has 0 heteroatoms. The fourth-order valence-corrected chi connectivity index (χ4v) is 5.45. The lowest BCUT2D eigenvalue weighted by atomic mass is 9.76.